The Labute approximate surface area is 163 Å². The number of pyridine rings is 1. The van der Waals surface area contributed by atoms with Crippen LogP contribution < -0.4 is 5.32 Å². The van der Waals surface area contributed by atoms with Gasteiger partial charge >= 0.3 is 0 Å². The fraction of sp³-hybridized carbons (Fsp3) is 0.550. The van der Waals surface area contributed by atoms with Gasteiger partial charge in [-0.25, -0.2) is 4.98 Å². The van der Waals surface area contributed by atoms with E-state index in [1.165, 1.54) is 4.88 Å². The number of aryl methyl sites for hydroxylation is 1. The molecule has 2 aromatic rings. The molecule has 0 bridgehead atoms. The third-order valence-corrected chi connectivity index (χ3v) is 7.19. The largest absolute Gasteiger partial charge is 0.370 e. The van der Waals surface area contributed by atoms with Gasteiger partial charge in [0, 0.05) is 48.3 Å². The van der Waals surface area contributed by atoms with Crippen LogP contribution in [0.1, 0.15) is 23.4 Å². The Morgan fingerprint density at radius 3 is 3.07 bits per heavy atom. The Morgan fingerprint density at radius 2 is 2.26 bits per heavy atom. The van der Waals surface area contributed by atoms with E-state index < -0.39 is 0 Å². The SMILES string of the molecule is O=C(C1CCc2sc(-c3ccncc3)nc2C1)N1CCOC2(CCNC2)C1. The number of hydrogen-bond acceptors (Lipinski definition) is 6. The molecule has 3 aliphatic rings. The molecule has 1 aliphatic carbocycles. The number of nitrogens with one attached hydrogen (secondary N) is 1. The van der Waals surface area contributed by atoms with E-state index in [0.717, 1.165) is 61.6 Å². The first-order chi connectivity index (χ1) is 13.2. The number of carbonyl (C=O) groups is 1. The lowest BCUT2D eigenvalue weighted by atomic mass is 9.89. The van der Waals surface area contributed by atoms with E-state index in [-0.39, 0.29) is 17.4 Å². The zero-order valence-electron chi connectivity index (χ0n) is 15.3. The van der Waals surface area contributed by atoms with Crippen LogP contribution in [0, 0.1) is 5.92 Å². The van der Waals surface area contributed by atoms with Gasteiger partial charge in [-0.3, -0.25) is 9.78 Å². The van der Waals surface area contributed by atoms with Gasteiger partial charge < -0.3 is 15.0 Å². The molecule has 6 nitrogen and oxygen atoms in total. The second-order valence-electron chi connectivity index (χ2n) is 7.78. The number of amides is 1. The van der Waals surface area contributed by atoms with Crippen molar-refractivity contribution in [2.75, 3.05) is 32.8 Å². The molecule has 2 aromatic heterocycles. The summed E-state index contributed by atoms with van der Waals surface area (Å²) < 4.78 is 6.03. The molecule has 0 saturated carbocycles. The van der Waals surface area contributed by atoms with Gasteiger partial charge in [0.15, 0.2) is 0 Å². The third kappa shape index (κ3) is 3.28. The van der Waals surface area contributed by atoms with Crippen molar-refractivity contribution in [2.24, 2.45) is 5.92 Å². The lowest BCUT2D eigenvalue weighted by Crippen LogP contribution is -2.56. The number of hydrogen-bond donors (Lipinski definition) is 1. The van der Waals surface area contributed by atoms with Crippen LogP contribution in [-0.4, -0.2) is 59.2 Å². The maximum atomic E-state index is 13.2. The predicted molar refractivity (Wildman–Crippen MR) is 104 cm³/mol. The minimum Gasteiger partial charge on any atom is -0.370 e. The van der Waals surface area contributed by atoms with Crippen LogP contribution in [-0.2, 0) is 22.4 Å². The highest BCUT2D eigenvalue weighted by Crippen LogP contribution is 2.35. The molecule has 2 fully saturated rings. The first-order valence-corrected chi connectivity index (χ1v) is 10.6. The monoisotopic (exact) mass is 384 g/mol. The summed E-state index contributed by atoms with van der Waals surface area (Å²) in [5.41, 5.74) is 2.06. The summed E-state index contributed by atoms with van der Waals surface area (Å²) in [6, 6.07) is 3.99. The van der Waals surface area contributed by atoms with E-state index in [2.05, 4.69) is 10.3 Å². The van der Waals surface area contributed by atoms with Crippen LogP contribution in [0.2, 0.25) is 0 Å². The minimum absolute atomic E-state index is 0.0504. The number of nitrogens with zero attached hydrogens (tertiary/aromatic N) is 3. The molecule has 5 rings (SSSR count). The molecule has 4 heterocycles. The molecule has 0 radical (unpaired) electrons. The molecule has 27 heavy (non-hydrogen) atoms. The molecule has 2 unspecified atom stereocenters. The van der Waals surface area contributed by atoms with Crippen molar-refractivity contribution < 1.29 is 9.53 Å². The topological polar surface area (TPSA) is 67.4 Å². The summed E-state index contributed by atoms with van der Waals surface area (Å²) in [5, 5.41) is 4.42. The summed E-state index contributed by atoms with van der Waals surface area (Å²) in [4.78, 5) is 25.5. The first-order valence-electron chi connectivity index (χ1n) is 9.75. The highest BCUT2D eigenvalue weighted by molar-refractivity contribution is 7.15. The number of ether oxygens (including phenoxy) is 1. The van der Waals surface area contributed by atoms with Gasteiger partial charge in [-0.05, 0) is 37.9 Å². The molecule has 1 spiro atoms. The highest BCUT2D eigenvalue weighted by atomic mass is 32.1. The number of fused-ring (bicyclic) bond motifs is 1. The van der Waals surface area contributed by atoms with Gasteiger partial charge in [0.2, 0.25) is 5.91 Å². The van der Waals surface area contributed by atoms with Crippen molar-refractivity contribution >= 4 is 17.2 Å². The van der Waals surface area contributed by atoms with Crippen molar-refractivity contribution in [3.63, 3.8) is 0 Å². The second-order valence-corrected chi connectivity index (χ2v) is 8.87. The zero-order chi connectivity index (χ0) is 18.3. The van der Waals surface area contributed by atoms with Crippen LogP contribution in [0.4, 0.5) is 0 Å². The van der Waals surface area contributed by atoms with Gasteiger partial charge in [-0.15, -0.1) is 11.3 Å². The summed E-state index contributed by atoms with van der Waals surface area (Å²) in [6.45, 7) is 3.91. The first kappa shape index (κ1) is 17.3. The minimum atomic E-state index is -0.164. The number of morpholine rings is 1. The van der Waals surface area contributed by atoms with E-state index in [4.69, 9.17) is 9.72 Å². The summed E-state index contributed by atoms with van der Waals surface area (Å²) >= 11 is 1.76. The molecule has 7 heteroatoms. The molecule has 0 aromatic carbocycles. The van der Waals surface area contributed by atoms with Crippen LogP contribution in [0.5, 0.6) is 0 Å². The van der Waals surface area contributed by atoms with Crippen LogP contribution in [0.3, 0.4) is 0 Å². The Morgan fingerprint density at radius 1 is 1.37 bits per heavy atom. The number of rotatable bonds is 2. The number of thiazole rings is 1. The normalized spacial score (nSPS) is 27.7. The molecular formula is C20H24N4O2S. The maximum Gasteiger partial charge on any atom is 0.226 e. The van der Waals surface area contributed by atoms with Gasteiger partial charge in [-0.1, -0.05) is 0 Å². The smallest absolute Gasteiger partial charge is 0.226 e. The Balaban J connectivity index is 1.30. The van der Waals surface area contributed by atoms with E-state index in [1.807, 2.05) is 17.0 Å². The fourth-order valence-corrected chi connectivity index (χ4v) is 5.59. The van der Waals surface area contributed by atoms with Crippen molar-refractivity contribution in [2.45, 2.75) is 31.3 Å². The Bertz CT molecular complexity index is 832. The van der Waals surface area contributed by atoms with Crippen LogP contribution in [0.25, 0.3) is 10.6 Å². The lowest BCUT2D eigenvalue weighted by Gasteiger charge is -2.41. The van der Waals surface area contributed by atoms with Gasteiger partial charge in [0.05, 0.1) is 24.4 Å². The maximum absolute atomic E-state index is 13.2. The molecule has 2 aliphatic heterocycles. The lowest BCUT2D eigenvalue weighted by molar-refractivity contribution is -0.152. The van der Waals surface area contributed by atoms with Crippen LogP contribution >= 0.6 is 11.3 Å². The average Bonchev–Trinajstić information content (AvgIpc) is 3.34. The number of aromatic nitrogens is 2. The van der Waals surface area contributed by atoms with Crippen molar-refractivity contribution in [3.05, 3.63) is 35.1 Å². The van der Waals surface area contributed by atoms with Crippen LogP contribution in [0.15, 0.2) is 24.5 Å². The van der Waals surface area contributed by atoms with E-state index >= 15 is 0 Å². The summed E-state index contributed by atoms with van der Waals surface area (Å²) in [6.07, 6.45) is 7.23. The molecule has 2 saturated heterocycles. The standard InChI is InChI=1S/C20H24N4O2S/c25-19(24-9-10-26-20(13-24)5-8-22-12-20)15-1-2-17-16(11-15)23-18(27-17)14-3-6-21-7-4-14/h3-4,6-7,15,22H,1-2,5,8-13H2. The zero-order valence-corrected chi connectivity index (χ0v) is 16.1. The molecule has 1 N–H and O–H groups in total. The summed E-state index contributed by atoms with van der Waals surface area (Å²) in [5.74, 6) is 0.336. The van der Waals surface area contributed by atoms with Gasteiger partial charge in [-0.2, -0.15) is 0 Å². The quantitative estimate of drug-likeness (QED) is 0.857. The van der Waals surface area contributed by atoms with E-state index in [0.29, 0.717) is 13.2 Å². The fourth-order valence-electron chi connectivity index (χ4n) is 4.48. The molecule has 142 valence electrons. The average molecular weight is 385 g/mol. The van der Waals surface area contributed by atoms with Gasteiger partial charge in [0.1, 0.15) is 5.01 Å². The number of carbonyl (C=O) groups excluding carboxylic acids is 1. The van der Waals surface area contributed by atoms with E-state index in [9.17, 15) is 4.79 Å². The molecule has 1 amide bonds. The molecular weight excluding hydrogens is 360 g/mol. The van der Waals surface area contributed by atoms with E-state index in [1.54, 1.807) is 23.7 Å². The summed E-state index contributed by atoms with van der Waals surface area (Å²) in [7, 11) is 0. The second kappa shape index (κ2) is 6.96. The predicted octanol–water partition coefficient (Wildman–Crippen LogP) is 1.90. The Hall–Kier alpha value is -1.83. The van der Waals surface area contributed by atoms with Crippen molar-refractivity contribution in [1.29, 1.82) is 0 Å². The van der Waals surface area contributed by atoms with Crippen molar-refractivity contribution in [1.82, 2.24) is 20.2 Å². The van der Waals surface area contributed by atoms with Gasteiger partial charge in [0.25, 0.3) is 0 Å². The molecule has 2 atom stereocenters. The Kier molecular flexibility index (Phi) is 4.46. The van der Waals surface area contributed by atoms with Crippen molar-refractivity contribution in [3.8, 4) is 10.6 Å². The third-order valence-electron chi connectivity index (χ3n) is 5.98. The highest BCUT2D eigenvalue weighted by Gasteiger charge is 2.42.